The van der Waals surface area contributed by atoms with Crippen LogP contribution in [0.3, 0.4) is 0 Å². The Morgan fingerprint density at radius 2 is 1.80 bits per heavy atom. The molecule has 1 atom stereocenters. The molecule has 0 saturated carbocycles. The molecule has 0 spiro atoms. The highest BCUT2D eigenvalue weighted by Gasteiger charge is 2.10. The zero-order valence-electron chi connectivity index (χ0n) is 22.7. The summed E-state index contributed by atoms with van der Waals surface area (Å²) in [6, 6.07) is 23.5. The van der Waals surface area contributed by atoms with Crippen LogP contribution in [-0.2, 0) is 24.4 Å². The molecule has 0 bridgehead atoms. The molecule has 0 saturated heterocycles. The van der Waals surface area contributed by atoms with Gasteiger partial charge in [0.05, 0.1) is 31.5 Å². The minimum Gasteiger partial charge on any atom is -0.508 e. The Bertz CT molecular complexity index is 1380. The van der Waals surface area contributed by atoms with E-state index in [1.54, 1.807) is 30.5 Å². The molecule has 9 heteroatoms. The van der Waals surface area contributed by atoms with Crippen LogP contribution in [0.2, 0.25) is 0 Å². The average molecular weight is 558 g/mol. The van der Waals surface area contributed by atoms with Crippen molar-refractivity contribution in [3.8, 4) is 11.5 Å². The summed E-state index contributed by atoms with van der Waals surface area (Å²) in [4.78, 5) is 16.3. The van der Waals surface area contributed by atoms with E-state index >= 15 is 0 Å². The minimum absolute atomic E-state index is 0.0168. The van der Waals surface area contributed by atoms with E-state index in [4.69, 9.17) is 9.47 Å². The maximum absolute atomic E-state index is 12.3. The second-order valence-electron chi connectivity index (χ2n) is 9.46. The van der Waals surface area contributed by atoms with Crippen LogP contribution in [0.25, 0.3) is 0 Å². The number of rotatable bonds is 15. The summed E-state index contributed by atoms with van der Waals surface area (Å²) in [5.74, 6) is 0.560. The SMILES string of the molecule is O=C(Nc1cccc(COCCOc2ccc(CCNC[C@H](O)c3ccc(O)c(CO)c3)cc2)c1)c1cccnc1. The van der Waals surface area contributed by atoms with Gasteiger partial charge in [0.2, 0.25) is 0 Å². The first-order chi connectivity index (χ1) is 20.0. The van der Waals surface area contributed by atoms with Crippen molar-refractivity contribution in [2.45, 2.75) is 25.7 Å². The molecule has 0 fully saturated rings. The highest BCUT2D eigenvalue weighted by molar-refractivity contribution is 6.04. The van der Waals surface area contributed by atoms with E-state index in [1.807, 2.05) is 48.5 Å². The van der Waals surface area contributed by atoms with E-state index < -0.39 is 6.10 Å². The summed E-state index contributed by atoms with van der Waals surface area (Å²) in [6.07, 6.45) is 3.20. The highest BCUT2D eigenvalue weighted by Crippen LogP contribution is 2.22. The molecular formula is C32H35N3O6. The van der Waals surface area contributed by atoms with Gasteiger partial charge < -0.3 is 35.4 Å². The van der Waals surface area contributed by atoms with Crippen LogP contribution in [0.15, 0.2) is 91.3 Å². The second-order valence-corrected chi connectivity index (χ2v) is 9.46. The summed E-state index contributed by atoms with van der Waals surface area (Å²) in [5, 5.41) is 35.4. The number of pyridine rings is 1. The highest BCUT2D eigenvalue weighted by atomic mass is 16.5. The molecular weight excluding hydrogens is 522 g/mol. The number of hydrogen-bond donors (Lipinski definition) is 5. The number of ether oxygens (including phenoxy) is 2. The van der Waals surface area contributed by atoms with Crippen molar-refractivity contribution in [3.63, 3.8) is 0 Å². The Hall–Kier alpha value is -4.28. The summed E-state index contributed by atoms with van der Waals surface area (Å²) < 4.78 is 11.5. The number of hydrogen-bond acceptors (Lipinski definition) is 8. The maximum atomic E-state index is 12.3. The van der Waals surface area contributed by atoms with Crippen molar-refractivity contribution in [1.82, 2.24) is 10.3 Å². The monoisotopic (exact) mass is 557 g/mol. The number of aromatic nitrogens is 1. The number of benzene rings is 3. The third-order valence-corrected chi connectivity index (χ3v) is 6.38. The number of nitrogens with one attached hydrogen (secondary N) is 2. The Balaban J connectivity index is 1.10. The van der Waals surface area contributed by atoms with Gasteiger partial charge in [0, 0.05) is 30.2 Å². The van der Waals surface area contributed by atoms with Gasteiger partial charge in [-0.15, -0.1) is 0 Å². The lowest BCUT2D eigenvalue weighted by molar-refractivity contribution is 0.0889. The predicted molar refractivity (Wildman–Crippen MR) is 156 cm³/mol. The largest absolute Gasteiger partial charge is 0.508 e. The fraction of sp³-hybridized carbons (Fsp3) is 0.250. The quantitative estimate of drug-likeness (QED) is 0.139. The van der Waals surface area contributed by atoms with Crippen LogP contribution in [0.1, 0.15) is 38.7 Å². The summed E-state index contributed by atoms with van der Waals surface area (Å²) in [6.45, 7) is 1.99. The lowest BCUT2D eigenvalue weighted by Gasteiger charge is -2.14. The number of aliphatic hydroxyl groups excluding tert-OH is 2. The Morgan fingerprint density at radius 1 is 0.951 bits per heavy atom. The van der Waals surface area contributed by atoms with Crippen LogP contribution in [0.5, 0.6) is 11.5 Å². The molecule has 9 nitrogen and oxygen atoms in total. The van der Waals surface area contributed by atoms with Crippen molar-refractivity contribution in [1.29, 1.82) is 0 Å². The first-order valence-corrected chi connectivity index (χ1v) is 13.4. The van der Waals surface area contributed by atoms with Gasteiger partial charge in [-0.05, 0) is 78.2 Å². The number of anilines is 1. The van der Waals surface area contributed by atoms with Gasteiger partial charge in [-0.3, -0.25) is 9.78 Å². The van der Waals surface area contributed by atoms with Gasteiger partial charge in [0.15, 0.2) is 0 Å². The lowest BCUT2D eigenvalue weighted by Crippen LogP contribution is -2.23. The van der Waals surface area contributed by atoms with Gasteiger partial charge in [-0.1, -0.05) is 30.3 Å². The minimum atomic E-state index is -0.735. The number of carbonyl (C=O) groups is 1. The van der Waals surface area contributed by atoms with Crippen LogP contribution in [0.4, 0.5) is 5.69 Å². The first-order valence-electron chi connectivity index (χ1n) is 13.4. The van der Waals surface area contributed by atoms with Gasteiger partial charge in [-0.25, -0.2) is 0 Å². The van der Waals surface area contributed by atoms with Crippen molar-refractivity contribution in [2.75, 3.05) is 31.6 Å². The fourth-order valence-electron chi connectivity index (χ4n) is 4.13. The number of amides is 1. The molecule has 0 aliphatic heterocycles. The van der Waals surface area contributed by atoms with Crippen molar-refractivity contribution in [2.24, 2.45) is 0 Å². The molecule has 3 aromatic carbocycles. The average Bonchev–Trinajstić information content (AvgIpc) is 3.00. The second kappa shape index (κ2) is 15.5. The molecule has 214 valence electrons. The zero-order chi connectivity index (χ0) is 28.9. The van der Waals surface area contributed by atoms with Crippen molar-refractivity contribution in [3.05, 3.63) is 119 Å². The molecule has 1 amide bonds. The Labute approximate surface area is 239 Å². The van der Waals surface area contributed by atoms with E-state index in [1.165, 1.54) is 12.3 Å². The van der Waals surface area contributed by atoms with Gasteiger partial charge in [0.25, 0.3) is 5.91 Å². The lowest BCUT2D eigenvalue weighted by atomic mass is 10.1. The molecule has 1 aromatic heterocycles. The molecule has 0 aliphatic carbocycles. The summed E-state index contributed by atoms with van der Waals surface area (Å²) in [5.41, 5.74) is 4.30. The standard InChI is InChI=1S/C32H35N3O6/c36-21-27-18-25(8-11-30(27)37)31(38)20-34-14-12-23-6-9-29(10-7-23)41-16-15-40-22-24-3-1-5-28(17-24)35-32(39)26-4-2-13-33-19-26/h1-11,13,17-19,31,34,36-38H,12,14-16,20-22H2,(H,35,39)/t31-/m0/s1. The predicted octanol–water partition coefficient (Wildman–Crippen LogP) is 3.99. The molecule has 0 aliphatic rings. The Kier molecular flexibility index (Phi) is 11.2. The zero-order valence-corrected chi connectivity index (χ0v) is 22.7. The molecule has 41 heavy (non-hydrogen) atoms. The third kappa shape index (κ3) is 9.40. The van der Waals surface area contributed by atoms with Gasteiger partial charge in [0.1, 0.15) is 18.1 Å². The topological polar surface area (TPSA) is 133 Å². The van der Waals surface area contributed by atoms with E-state index in [9.17, 15) is 20.1 Å². The summed E-state index contributed by atoms with van der Waals surface area (Å²) >= 11 is 0. The molecule has 1 heterocycles. The molecule has 5 N–H and O–H groups in total. The maximum Gasteiger partial charge on any atom is 0.257 e. The normalized spacial score (nSPS) is 11.7. The molecule has 0 unspecified atom stereocenters. The molecule has 4 rings (SSSR count). The molecule has 0 radical (unpaired) electrons. The number of nitrogens with zero attached hydrogens (tertiary/aromatic N) is 1. The first kappa shape index (κ1) is 29.7. The van der Waals surface area contributed by atoms with Crippen LogP contribution in [0, 0.1) is 0 Å². The van der Waals surface area contributed by atoms with Gasteiger partial charge in [-0.2, -0.15) is 0 Å². The fourth-order valence-corrected chi connectivity index (χ4v) is 4.13. The third-order valence-electron chi connectivity index (χ3n) is 6.38. The number of aromatic hydroxyl groups is 1. The smallest absolute Gasteiger partial charge is 0.257 e. The Morgan fingerprint density at radius 3 is 2.59 bits per heavy atom. The van der Waals surface area contributed by atoms with E-state index in [0.717, 1.165) is 23.3 Å². The van der Waals surface area contributed by atoms with Crippen molar-refractivity contribution >= 4 is 11.6 Å². The number of carbonyl (C=O) groups excluding carboxylic acids is 1. The number of phenols is 1. The van der Waals surface area contributed by atoms with Gasteiger partial charge >= 0.3 is 0 Å². The van der Waals surface area contributed by atoms with Crippen LogP contribution < -0.4 is 15.4 Å². The molecule has 4 aromatic rings. The van der Waals surface area contributed by atoms with E-state index in [-0.39, 0.29) is 18.3 Å². The summed E-state index contributed by atoms with van der Waals surface area (Å²) in [7, 11) is 0. The van der Waals surface area contributed by atoms with Crippen LogP contribution >= 0.6 is 0 Å². The van der Waals surface area contributed by atoms with E-state index in [2.05, 4.69) is 15.6 Å². The van der Waals surface area contributed by atoms with Crippen LogP contribution in [-0.4, -0.2) is 52.5 Å². The number of aliphatic hydroxyl groups is 2. The van der Waals surface area contributed by atoms with Crippen molar-refractivity contribution < 1.29 is 29.6 Å². The van der Waals surface area contributed by atoms with E-state index in [0.29, 0.717) is 55.3 Å².